The first-order valence-corrected chi connectivity index (χ1v) is 7.20. The van der Waals surface area contributed by atoms with E-state index in [1.807, 2.05) is 23.0 Å². The molecule has 110 valence electrons. The molecule has 0 bridgehead atoms. The van der Waals surface area contributed by atoms with E-state index in [-0.39, 0.29) is 0 Å². The number of rotatable bonds is 4. The van der Waals surface area contributed by atoms with Crippen molar-refractivity contribution >= 4 is 11.7 Å². The van der Waals surface area contributed by atoms with Crippen molar-refractivity contribution in [2.75, 3.05) is 11.4 Å². The molecular formula is C16H19N3O2. The van der Waals surface area contributed by atoms with Gasteiger partial charge in [-0.15, -0.1) is 0 Å². The van der Waals surface area contributed by atoms with Crippen LogP contribution in [0.2, 0.25) is 0 Å². The minimum Gasteiger partial charge on any atom is -0.478 e. The summed E-state index contributed by atoms with van der Waals surface area (Å²) in [5.74, 6) is -0.881. The van der Waals surface area contributed by atoms with E-state index < -0.39 is 5.97 Å². The molecule has 1 aliphatic heterocycles. The summed E-state index contributed by atoms with van der Waals surface area (Å²) in [6.45, 7) is 5.82. The maximum absolute atomic E-state index is 11.1. The Morgan fingerprint density at radius 2 is 2.19 bits per heavy atom. The number of aromatic carboxylic acids is 1. The Hall–Kier alpha value is -2.30. The van der Waals surface area contributed by atoms with Crippen molar-refractivity contribution in [1.82, 2.24) is 9.78 Å². The first kappa shape index (κ1) is 13.7. The third-order valence-electron chi connectivity index (χ3n) is 3.87. The van der Waals surface area contributed by atoms with Crippen LogP contribution in [0.1, 0.15) is 41.5 Å². The number of aromatic nitrogens is 2. The second-order valence-corrected chi connectivity index (χ2v) is 5.70. The summed E-state index contributed by atoms with van der Waals surface area (Å²) in [5.41, 5.74) is 3.59. The summed E-state index contributed by atoms with van der Waals surface area (Å²) in [5, 5.41) is 13.7. The highest BCUT2D eigenvalue weighted by Crippen LogP contribution is 2.30. The van der Waals surface area contributed by atoms with Crippen molar-refractivity contribution in [3.8, 4) is 0 Å². The van der Waals surface area contributed by atoms with Crippen LogP contribution < -0.4 is 4.90 Å². The first-order valence-electron chi connectivity index (χ1n) is 7.20. The standard InChI is InChI=1S/C16H19N3O2/c1-11(2)19-8-6-14(17-19)10-18-7-5-12-3-4-13(16(20)21)9-15(12)18/h3-4,6,8-9,11H,5,7,10H2,1-2H3,(H,20,21). The smallest absolute Gasteiger partial charge is 0.335 e. The lowest BCUT2D eigenvalue weighted by molar-refractivity contribution is 0.0697. The van der Waals surface area contributed by atoms with E-state index >= 15 is 0 Å². The number of fused-ring (bicyclic) bond motifs is 1. The van der Waals surface area contributed by atoms with Gasteiger partial charge < -0.3 is 10.0 Å². The van der Waals surface area contributed by atoms with Gasteiger partial charge in [-0.1, -0.05) is 6.07 Å². The molecule has 0 saturated heterocycles. The van der Waals surface area contributed by atoms with Crippen molar-refractivity contribution in [3.63, 3.8) is 0 Å². The molecule has 5 nitrogen and oxygen atoms in total. The van der Waals surface area contributed by atoms with Crippen LogP contribution in [0.25, 0.3) is 0 Å². The van der Waals surface area contributed by atoms with Crippen molar-refractivity contribution < 1.29 is 9.90 Å². The maximum Gasteiger partial charge on any atom is 0.335 e. The molecule has 2 aromatic rings. The lowest BCUT2D eigenvalue weighted by Gasteiger charge is -2.18. The summed E-state index contributed by atoms with van der Waals surface area (Å²) >= 11 is 0. The molecule has 2 heterocycles. The highest BCUT2D eigenvalue weighted by Gasteiger charge is 2.21. The van der Waals surface area contributed by atoms with Gasteiger partial charge in [0, 0.05) is 24.5 Å². The molecule has 1 aliphatic rings. The maximum atomic E-state index is 11.1. The van der Waals surface area contributed by atoms with E-state index in [4.69, 9.17) is 5.11 Å². The molecule has 0 saturated carbocycles. The van der Waals surface area contributed by atoms with Gasteiger partial charge in [-0.05, 0) is 44.0 Å². The van der Waals surface area contributed by atoms with E-state index in [0.29, 0.717) is 11.6 Å². The lowest BCUT2D eigenvalue weighted by Crippen LogP contribution is -2.20. The third kappa shape index (κ3) is 2.63. The van der Waals surface area contributed by atoms with E-state index in [2.05, 4.69) is 23.8 Å². The Labute approximate surface area is 123 Å². The molecule has 1 aromatic heterocycles. The molecule has 0 radical (unpaired) electrons. The number of anilines is 1. The summed E-state index contributed by atoms with van der Waals surface area (Å²) in [6, 6.07) is 7.75. The molecule has 1 N–H and O–H groups in total. The van der Waals surface area contributed by atoms with Crippen molar-refractivity contribution in [3.05, 3.63) is 47.3 Å². The van der Waals surface area contributed by atoms with Gasteiger partial charge >= 0.3 is 5.97 Å². The predicted octanol–water partition coefficient (Wildman–Crippen LogP) is 2.72. The SMILES string of the molecule is CC(C)n1ccc(CN2CCc3ccc(C(=O)O)cc32)n1. The van der Waals surface area contributed by atoms with Crippen LogP contribution in [0.3, 0.4) is 0 Å². The topological polar surface area (TPSA) is 58.4 Å². The molecule has 5 heteroatoms. The van der Waals surface area contributed by atoms with Crippen molar-refractivity contribution in [2.45, 2.75) is 32.9 Å². The van der Waals surface area contributed by atoms with Gasteiger partial charge in [0.1, 0.15) is 0 Å². The second kappa shape index (κ2) is 5.24. The molecule has 1 aromatic carbocycles. The molecular weight excluding hydrogens is 266 g/mol. The van der Waals surface area contributed by atoms with Gasteiger partial charge in [-0.3, -0.25) is 4.68 Å². The Balaban J connectivity index is 1.83. The summed E-state index contributed by atoms with van der Waals surface area (Å²) in [7, 11) is 0. The summed E-state index contributed by atoms with van der Waals surface area (Å²) in [4.78, 5) is 13.3. The van der Waals surface area contributed by atoms with Crippen molar-refractivity contribution in [1.29, 1.82) is 0 Å². The molecule has 0 spiro atoms. The number of carboxylic acids is 1. The van der Waals surface area contributed by atoms with E-state index in [1.165, 1.54) is 5.56 Å². The Bertz CT molecular complexity index is 676. The van der Waals surface area contributed by atoms with Gasteiger partial charge in [0.15, 0.2) is 0 Å². The van der Waals surface area contributed by atoms with Crippen LogP contribution in [0.5, 0.6) is 0 Å². The number of carbonyl (C=O) groups is 1. The Morgan fingerprint density at radius 3 is 2.86 bits per heavy atom. The monoisotopic (exact) mass is 285 g/mol. The molecule has 0 aliphatic carbocycles. The van der Waals surface area contributed by atoms with Crippen LogP contribution in [0.4, 0.5) is 5.69 Å². The van der Waals surface area contributed by atoms with Crippen LogP contribution in [-0.2, 0) is 13.0 Å². The van der Waals surface area contributed by atoms with Gasteiger partial charge in [-0.2, -0.15) is 5.10 Å². The van der Waals surface area contributed by atoms with Gasteiger partial charge in [0.05, 0.1) is 17.8 Å². The zero-order chi connectivity index (χ0) is 15.0. The van der Waals surface area contributed by atoms with Gasteiger partial charge in [0.25, 0.3) is 0 Å². The fourth-order valence-electron chi connectivity index (χ4n) is 2.69. The van der Waals surface area contributed by atoms with Crippen LogP contribution in [-0.4, -0.2) is 27.4 Å². The summed E-state index contributed by atoms with van der Waals surface area (Å²) in [6.07, 6.45) is 2.95. The van der Waals surface area contributed by atoms with Crippen LogP contribution >= 0.6 is 0 Å². The highest BCUT2D eigenvalue weighted by molar-refractivity contribution is 5.89. The van der Waals surface area contributed by atoms with E-state index in [1.54, 1.807) is 12.1 Å². The van der Waals surface area contributed by atoms with E-state index in [0.717, 1.165) is 30.9 Å². The molecule has 0 fully saturated rings. The zero-order valence-electron chi connectivity index (χ0n) is 12.3. The quantitative estimate of drug-likeness (QED) is 0.938. The van der Waals surface area contributed by atoms with Crippen LogP contribution in [0.15, 0.2) is 30.5 Å². The third-order valence-corrected chi connectivity index (χ3v) is 3.87. The largest absolute Gasteiger partial charge is 0.478 e. The van der Waals surface area contributed by atoms with Gasteiger partial charge in [0.2, 0.25) is 0 Å². The fraction of sp³-hybridized carbons (Fsp3) is 0.375. The fourth-order valence-corrected chi connectivity index (χ4v) is 2.69. The second-order valence-electron chi connectivity index (χ2n) is 5.70. The zero-order valence-corrected chi connectivity index (χ0v) is 12.3. The number of carboxylic acid groups (broad SMARTS) is 1. The average Bonchev–Trinajstić information content (AvgIpc) is 3.06. The number of nitrogens with zero attached hydrogens (tertiary/aromatic N) is 3. The predicted molar refractivity (Wildman–Crippen MR) is 80.8 cm³/mol. The average molecular weight is 285 g/mol. The van der Waals surface area contributed by atoms with E-state index in [9.17, 15) is 4.79 Å². The first-order chi connectivity index (χ1) is 10.0. The van der Waals surface area contributed by atoms with Crippen LogP contribution in [0, 0.1) is 0 Å². The number of benzene rings is 1. The minimum atomic E-state index is -0.881. The molecule has 3 rings (SSSR count). The lowest BCUT2D eigenvalue weighted by atomic mass is 10.1. The van der Waals surface area contributed by atoms with Crippen molar-refractivity contribution in [2.24, 2.45) is 0 Å². The molecule has 21 heavy (non-hydrogen) atoms. The number of hydrogen-bond acceptors (Lipinski definition) is 3. The van der Waals surface area contributed by atoms with Gasteiger partial charge in [-0.25, -0.2) is 4.79 Å². The Morgan fingerprint density at radius 1 is 1.38 bits per heavy atom. The minimum absolute atomic E-state index is 0.341. The normalized spacial score (nSPS) is 13.8. The summed E-state index contributed by atoms with van der Waals surface area (Å²) < 4.78 is 1.94. The molecule has 0 atom stereocenters. The Kier molecular flexibility index (Phi) is 3.41. The number of hydrogen-bond donors (Lipinski definition) is 1. The highest BCUT2D eigenvalue weighted by atomic mass is 16.4. The molecule has 0 unspecified atom stereocenters. The molecule has 0 amide bonds.